The standard InChI is InChI=1S/C10H19NO2/c1-4-7-10(6-3,9(12)13)11-8-5-2/h5,11H,2,4,6-8H2,1,3H3,(H,12,13). The zero-order valence-corrected chi connectivity index (χ0v) is 8.47. The molecule has 0 heterocycles. The smallest absolute Gasteiger partial charge is 0.323 e. The van der Waals surface area contributed by atoms with Gasteiger partial charge in [0.15, 0.2) is 0 Å². The van der Waals surface area contributed by atoms with E-state index in [1.165, 1.54) is 0 Å². The van der Waals surface area contributed by atoms with Gasteiger partial charge in [0.2, 0.25) is 0 Å². The molecule has 0 aliphatic heterocycles. The first-order chi connectivity index (χ1) is 6.13. The number of hydrogen-bond donors (Lipinski definition) is 2. The topological polar surface area (TPSA) is 49.3 Å². The predicted molar refractivity (Wildman–Crippen MR) is 53.8 cm³/mol. The van der Waals surface area contributed by atoms with E-state index in [0.717, 1.165) is 6.42 Å². The van der Waals surface area contributed by atoms with Gasteiger partial charge < -0.3 is 5.11 Å². The minimum absolute atomic E-state index is 0.542. The van der Waals surface area contributed by atoms with Crippen LogP contribution in [0.2, 0.25) is 0 Å². The second-order valence-electron chi connectivity index (χ2n) is 3.16. The third-order valence-corrected chi connectivity index (χ3v) is 2.27. The van der Waals surface area contributed by atoms with Crippen molar-refractivity contribution in [3.8, 4) is 0 Å². The molecule has 0 aliphatic rings. The second kappa shape index (κ2) is 5.75. The first kappa shape index (κ1) is 12.2. The fourth-order valence-electron chi connectivity index (χ4n) is 1.42. The molecule has 3 nitrogen and oxygen atoms in total. The van der Waals surface area contributed by atoms with Crippen molar-refractivity contribution in [2.24, 2.45) is 0 Å². The van der Waals surface area contributed by atoms with E-state index in [0.29, 0.717) is 19.4 Å². The van der Waals surface area contributed by atoms with Crippen LogP contribution in [0.15, 0.2) is 12.7 Å². The number of carboxylic acids is 1. The minimum atomic E-state index is -0.765. The molecule has 0 fully saturated rings. The third-order valence-electron chi connectivity index (χ3n) is 2.27. The van der Waals surface area contributed by atoms with Crippen molar-refractivity contribution in [2.45, 2.75) is 38.6 Å². The number of hydrogen-bond acceptors (Lipinski definition) is 2. The number of carbonyl (C=O) groups is 1. The largest absolute Gasteiger partial charge is 0.480 e. The summed E-state index contributed by atoms with van der Waals surface area (Å²) in [4.78, 5) is 11.1. The predicted octanol–water partition coefficient (Wildman–Crippen LogP) is 1.80. The van der Waals surface area contributed by atoms with Gasteiger partial charge in [-0.3, -0.25) is 10.1 Å². The zero-order valence-electron chi connectivity index (χ0n) is 8.47. The highest BCUT2D eigenvalue weighted by atomic mass is 16.4. The van der Waals surface area contributed by atoms with Crippen LogP contribution in [-0.2, 0) is 4.79 Å². The fraction of sp³-hybridized carbons (Fsp3) is 0.700. The average molecular weight is 185 g/mol. The molecule has 0 amide bonds. The Bertz CT molecular complexity index is 180. The van der Waals surface area contributed by atoms with Crippen LogP contribution in [0, 0.1) is 0 Å². The van der Waals surface area contributed by atoms with Crippen LogP contribution in [0.1, 0.15) is 33.1 Å². The first-order valence-electron chi connectivity index (χ1n) is 4.72. The molecule has 0 aromatic carbocycles. The molecule has 0 saturated carbocycles. The van der Waals surface area contributed by atoms with Crippen molar-refractivity contribution in [2.75, 3.05) is 6.54 Å². The molecule has 0 rings (SSSR count). The molecule has 13 heavy (non-hydrogen) atoms. The minimum Gasteiger partial charge on any atom is -0.480 e. The van der Waals surface area contributed by atoms with Crippen LogP contribution in [0.25, 0.3) is 0 Å². The van der Waals surface area contributed by atoms with E-state index in [1.807, 2.05) is 13.8 Å². The first-order valence-corrected chi connectivity index (χ1v) is 4.72. The van der Waals surface area contributed by atoms with Crippen molar-refractivity contribution < 1.29 is 9.90 Å². The van der Waals surface area contributed by atoms with E-state index in [1.54, 1.807) is 6.08 Å². The lowest BCUT2D eigenvalue weighted by Crippen LogP contribution is -2.51. The van der Waals surface area contributed by atoms with Crippen LogP contribution in [0.4, 0.5) is 0 Å². The molecule has 2 N–H and O–H groups in total. The van der Waals surface area contributed by atoms with E-state index in [9.17, 15) is 4.79 Å². The highest BCUT2D eigenvalue weighted by Crippen LogP contribution is 2.17. The molecule has 0 aliphatic carbocycles. The Morgan fingerprint density at radius 1 is 1.62 bits per heavy atom. The maximum absolute atomic E-state index is 11.1. The average Bonchev–Trinajstić information content (AvgIpc) is 2.12. The highest BCUT2D eigenvalue weighted by Gasteiger charge is 2.34. The summed E-state index contributed by atoms with van der Waals surface area (Å²) in [5.41, 5.74) is -0.761. The Balaban J connectivity index is 4.43. The Morgan fingerprint density at radius 3 is 2.54 bits per heavy atom. The van der Waals surface area contributed by atoms with Crippen molar-refractivity contribution in [3.05, 3.63) is 12.7 Å². The molecule has 1 unspecified atom stereocenters. The van der Waals surface area contributed by atoms with Crippen LogP contribution in [-0.4, -0.2) is 23.2 Å². The molecule has 0 aromatic rings. The van der Waals surface area contributed by atoms with Gasteiger partial charge in [-0.1, -0.05) is 26.3 Å². The van der Waals surface area contributed by atoms with E-state index >= 15 is 0 Å². The van der Waals surface area contributed by atoms with Gasteiger partial charge in [-0.25, -0.2) is 0 Å². The highest BCUT2D eigenvalue weighted by molar-refractivity contribution is 5.78. The number of nitrogens with one attached hydrogen (secondary N) is 1. The van der Waals surface area contributed by atoms with Crippen molar-refractivity contribution in [1.82, 2.24) is 5.32 Å². The quantitative estimate of drug-likeness (QED) is 0.594. The summed E-state index contributed by atoms with van der Waals surface area (Å²) in [6.45, 7) is 7.98. The maximum Gasteiger partial charge on any atom is 0.323 e. The molecule has 3 heteroatoms. The number of rotatable bonds is 7. The summed E-state index contributed by atoms with van der Waals surface area (Å²) in [6.07, 6.45) is 3.81. The van der Waals surface area contributed by atoms with E-state index in [4.69, 9.17) is 5.11 Å². The second-order valence-corrected chi connectivity index (χ2v) is 3.16. The Kier molecular flexibility index (Phi) is 5.39. The summed E-state index contributed by atoms with van der Waals surface area (Å²) < 4.78 is 0. The SMILES string of the molecule is C=CCNC(CC)(CCC)C(=O)O. The summed E-state index contributed by atoms with van der Waals surface area (Å²) in [5.74, 6) is -0.765. The normalized spacial score (nSPS) is 14.9. The van der Waals surface area contributed by atoms with Gasteiger partial charge in [-0.15, -0.1) is 6.58 Å². The number of carboxylic acid groups (broad SMARTS) is 1. The van der Waals surface area contributed by atoms with Gasteiger partial charge in [0.25, 0.3) is 0 Å². The zero-order chi connectivity index (χ0) is 10.3. The Hall–Kier alpha value is -0.830. The molecular weight excluding hydrogens is 166 g/mol. The summed E-state index contributed by atoms with van der Waals surface area (Å²) in [6, 6.07) is 0. The maximum atomic E-state index is 11.1. The lowest BCUT2D eigenvalue weighted by Gasteiger charge is -2.28. The lowest BCUT2D eigenvalue weighted by atomic mass is 9.91. The van der Waals surface area contributed by atoms with Gasteiger partial charge >= 0.3 is 5.97 Å². The molecule has 0 saturated heterocycles. The van der Waals surface area contributed by atoms with Crippen LogP contribution >= 0.6 is 0 Å². The number of aliphatic carboxylic acids is 1. The lowest BCUT2D eigenvalue weighted by molar-refractivity contribution is -0.145. The van der Waals surface area contributed by atoms with E-state index in [-0.39, 0.29) is 0 Å². The molecule has 0 radical (unpaired) electrons. The van der Waals surface area contributed by atoms with Crippen LogP contribution in [0.3, 0.4) is 0 Å². The molecule has 0 aromatic heterocycles. The van der Waals surface area contributed by atoms with Gasteiger partial charge in [0.1, 0.15) is 5.54 Å². The molecule has 0 bridgehead atoms. The molecular formula is C10H19NO2. The van der Waals surface area contributed by atoms with Crippen molar-refractivity contribution in [1.29, 1.82) is 0 Å². The van der Waals surface area contributed by atoms with Gasteiger partial charge in [0.05, 0.1) is 0 Å². The monoisotopic (exact) mass is 185 g/mol. The van der Waals surface area contributed by atoms with E-state index < -0.39 is 11.5 Å². The molecule has 0 spiro atoms. The summed E-state index contributed by atoms with van der Waals surface area (Å²) in [5, 5.41) is 12.1. The summed E-state index contributed by atoms with van der Waals surface area (Å²) in [7, 11) is 0. The van der Waals surface area contributed by atoms with Gasteiger partial charge in [-0.2, -0.15) is 0 Å². The van der Waals surface area contributed by atoms with E-state index in [2.05, 4.69) is 11.9 Å². The Morgan fingerprint density at radius 2 is 2.23 bits per heavy atom. The molecule has 76 valence electrons. The van der Waals surface area contributed by atoms with Crippen LogP contribution < -0.4 is 5.32 Å². The van der Waals surface area contributed by atoms with Crippen LogP contribution in [0.5, 0.6) is 0 Å². The Labute approximate surface area is 79.8 Å². The third kappa shape index (κ3) is 3.19. The van der Waals surface area contributed by atoms with Gasteiger partial charge in [0, 0.05) is 6.54 Å². The fourth-order valence-corrected chi connectivity index (χ4v) is 1.42. The van der Waals surface area contributed by atoms with Crippen molar-refractivity contribution >= 4 is 5.97 Å². The summed E-state index contributed by atoms with van der Waals surface area (Å²) >= 11 is 0. The molecule has 1 atom stereocenters. The van der Waals surface area contributed by atoms with Gasteiger partial charge in [-0.05, 0) is 12.8 Å². The van der Waals surface area contributed by atoms with Crippen molar-refractivity contribution in [3.63, 3.8) is 0 Å².